The van der Waals surface area contributed by atoms with Crippen molar-refractivity contribution in [1.82, 2.24) is 20.2 Å². The van der Waals surface area contributed by atoms with Crippen molar-refractivity contribution in [2.75, 3.05) is 42.3 Å². The number of hydrogen-bond donors (Lipinski definition) is 2. The molecule has 2 N–H and O–H groups in total. The zero-order valence-corrected chi connectivity index (χ0v) is 18.9. The van der Waals surface area contributed by atoms with Gasteiger partial charge in [0.15, 0.2) is 5.82 Å². The summed E-state index contributed by atoms with van der Waals surface area (Å²) in [6.45, 7) is 3.31. The second-order valence-electron chi connectivity index (χ2n) is 8.89. The van der Waals surface area contributed by atoms with E-state index in [-0.39, 0.29) is 0 Å². The summed E-state index contributed by atoms with van der Waals surface area (Å²) in [6.07, 6.45) is 4.69. The van der Waals surface area contributed by atoms with Crippen LogP contribution in [0.3, 0.4) is 0 Å². The van der Waals surface area contributed by atoms with Gasteiger partial charge in [-0.2, -0.15) is 10.1 Å². The zero-order valence-electron chi connectivity index (χ0n) is 18.0. The minimum Gasteiger partial charge on any atom is -0.611 e. The molecule has 9 heteroatoms. The van der Waals surface area contributed by atoms with Crippen LogP contribution in [0.15, 0.2) is 29.2 Å². The average molecular weight is 453 g/mol. The van der Waals surface area contributed by atoms with E-state index in [4.69, 9.17) is 14.7 Å². The molecule has 2 fully saturated rings. The largest absolute Gasteiger partial charge is 0.611 e. The molecule has 0 saturated carbocycles. The summed E-state index contributed by atoms with van der Waals surface area (Å²) >= 11 is -1.02. The third-order valence-electron chi connectivity index (χ3n) is 6.90. The van der Waals surface area contributed by atoms with E-state index in [0.29, 0.717) is 17.7 Å². The number of anilines is 2. The molecule has 0 spiro atoms. The summed E-state index contributed by atoms with van der Waals surface area (Å²) in [5.41, 5.74) is 3.22. The van der Waals surface area contributed by atoms with Gasteiger partial charge in [-0.25, -0.2) is 4.98 Å². The third kappa shape index (κ3) is 3.72. The molecule has 0 bridgehead atoms. The molecule has 2 aromatic heterocycles. The van der Waals surface area contributed by atoms with Crippen molar-refractivity contribution in [3.8, 4) is 0 Å². The van der Waals surface area contributed by atoms with Gasteiger partial charge >= 0.3 is 0 Å². The number of nitrogens with zero attached hydrogens (tertiary/aromatic N) is 4. The van der Waals surface area contributed by atoms with E-state index in [1.807, 2.05) is 6.07 Å². The number of H-pyrrole nitrogens is 1. The zero-order chi connectivity index (χ0) is 21.5. The number of para-hydroxylation sites is 1. The van der Waals surface area contributed by atoms with Crippen LogP contribution in [0.5, 0.6) is 0 Å². The highest BCUT2D eigenvalue weighted by molar-refractivity contribution is 7.91. The SMILES string of the molecule is [O-][S+]1CCc2nc(N3CCC(c4n[nH]c5ccccc45)CC3)nc(NC3CCOCC3)c21. The Morgan fingerprint density at radius 3 is 2.75 bits per heavy atom. The Morgan fingerprint density at radius 1 is 1.09 bits per heavy atom. The molecule has 2 saturated heterocycles. The first-order valence-electron chi connectivity index (χ1n) is 11.6. The maximum Gasteiger partial charge on any atom is 0.227 e. The van der Waals surface area contributed by atoms with Gasteiger partial charge in [-0.05, 0) is 42.9 Å². The Labute approximate surface area is 190 Å². The number of rotatable bonds is 4. The minimum atomic E-state index is -1.02. The van der Waals surface area contributed by atoms with Crippen LogP contribution in [0.4, 0.5) is 11.8 Å². The van der Waals surface area contributed by atoms with Crippen LogP contribution in [0.2, 0.25) is 0 Å². The van der Waals surface area contributed by atoms with Gasteiger partial charge in [-0.3, -0.25) is 5.10 Å². The molecule has 0 radical (unpaired) electrons. The maximum atomic E-state index is 12.6. The van der Waals surface area contributed by atoms with Gasteiger partial charge in [0.1, 0.15) is 11.4 Å². The lowest BCUT2D eigenvalue weighted by Crippen LogP contribution is -2.35. The Bertz CT molecular complexity index is 1110. The van der Waals surface area contributed by atoms with Crippen molar-refractivity contribution in [3.05, 3.63) is 35.7 Å². The summed E-state index contributed by atoms with van der Waals surface area (Å²) in [6, 6.07) is 8.66. The fourth-order valence-electron chi connectivity index (χ4n) is 5.11. The van der Waals surface area contributed by atoms with Crippen LogP contribution >= 0.6 is 0 Å². The normalized spacial score (nSPS) is 22.4. The fraction of sp³-hybridized carbons (Fsp3) is 0.522. The first-order chi connectivity index (χ1) is 15.8. The number of benzene rings is 1. The highest BCUT2D eigenvalue weighted by atomic mass is 32.2. The number of nitrogens with one attached hydrogen (secondary N) is 2. The second-order valence-corrected chi connectivity index (χ2v) is 10.4. The number of aromatic amines is 1. The van der Waals surface area contributed by atoms with Gasteiger partial charge in [0.2, 0.25) is 10.8 Å². The second kappa shape index (κ2) is 8.53. The Balaban J connectivity index is 1.22. The molecule has 3 aliphatic heterocycles. The van der Waals surface area contributed by atoms with E-state index in [1.54, 1.807) is 0 Å². The predicted octanol–water partition coefficient (Wildman–Crippen LogP) is 2.99. The van der Waals surface area contributed by atoms with E-state index < -0.39 is 11.2 Å². The summed E-state index contributed by atoms with van der Waals surface area (Å²) < 4.78 is 18.1. The molecule has 3 aromatic rings. The lowest BCUT2D eigenvalue weighted by Gasteiger charge is -2.32. The number of ether oxygens (including phenoxy) is 1. The van der Waals surface area contributed by atoms with E-state index in [2.05, 4.69) is 38.6 Å². The van der Waals surface area contributed by atoms with E-state index in [9.17, 15) is 4.55 Å². The van der Waals surface area contributed by atoms with Gasteiger partial charge in [0.05, 0.1) is 11.2 Å². The van der Waals surface area contributed by atoms with Crippen molar-refractivity contribution in [2.24, 2.45) is 0 Å². The molecule has 168 valence electrons. The first kappa shape index (κ1) is 20.3. The van der Waals surface area contributed by atoms with E-state index >= 15 is 0 Å². The van der Waals surface area contributed by atoms with Gasteiger partial charge < -0.3 is 19.5 Å². The van der Waals surface area contributed by atoms with Crippen molar-refractivity contribution in [3.63, 3.8) is 0 Å². The highest BCUT2D eigenvalue weighted by Gasteiger charge is 2.34. The van der Waals surface area contributed by atoms with Crippen LogP contribution in [-0.4, -0.2) is 62.8 Å². The number of aryl methyl sites for hydroxylation is 1. The van der Waals surface area contributed by atoms with Crippen molar-refractivity contribution < 1.29 is 9.29 Å². The van der Waals surface area contributed by atoms with Crippen LogP contribution in [0.25, 0.3) is 10.9 Å². The number of fused-ring (bicyclic) bond motifs is 2. The topological polar surface area (TPSA) is 102 Å². The third-order valence-corrected chi connectivity index (χ3v) is 8.36. The van der Waals surface area contributed by atoms with Crippen LogP contribution in [0.1, 0.15) is 43.0 Å². The molecule has 3 aliphatic rings. The summed E-state index contributed by atoms with van der Waals surface area (Å²) in [7, 11) is 0. The molecule has 1 aromatic carbocycles. The molecule has 8 nitrogen and oxygen atoms in total. The van der Waals surface area contributed by atoms with Crippen molar-refractivity contribution in [2.45, 2.75) is 49.0 Å². The summed E-state index contributed by atoms with van der Waals surface area (Å²) in [5, 5.41) is 12.6. The van der Waals surface area contributed by atoms with Crippen molar-refractivity contribution >= 4 is 33.8 Å². The quantitative estimate of drug-likeness (QED) is 0.587. The standard InChI is InChI=1S/C23H28N6O2S/c30-32-14-9-19-21(32)22(24-16-7-12-31-13-8-16)26-23(25-19)29-10-5-15(6-11-29)20-17-3-1-2-4-18(17)27-28-20/h1-4,15-16H,5-14H2,(H,27,28)(H,24,25,26). The predicted molar refractivity (Wildman–Crippen MR) is 125 cm³/mol. The molecule has 0 aliphatic carbocycles. The van der Waals surface area contributed by atoms with Crippen LogP contribution < -0.4 is 10.2 Å². The summed E-state index contributed by atoms with van der Waals surface area (Å²) in [4.78, 5) is 12.8. The Hall–Kier alpha value is -2.36. The smallest absolute Gasteiger partial charge is 0.227 e. The average Bonchev–Trinajstić information content (AvgIpc) is 3.44. The lowest BCUT2D eigenvalue weighted by atomic mass is 9.92. The molecular formula is C23H28N6O2S. The van der Waals surface area contributed by atoms with Crippen LogP contribution in [-0.2, 0) is 22.3 Å². The monoisotopic (exact) mass is 452 g/mol. The number of piperidine rings is 1. The Morgan fingerprint density at radius 2 is 1.91 bits per heavy atom. The molecule has 32 heavy (non-hydrogen) atoms. The molecule has 0 amide bonds. The van der Waals surface area contributed by atoms with E-state index in [0.717, 1.165) is 86.3 Å². The molecule has 1 unspecified atom stereocenters. The number of hydrogen-bond acceptors (Lipinski definition) is 7. The first-order valence-corrected chi connectivity index (χ1v) is 12.9. The van der Waals surface area contributed by atoms with E-state index in [1.165, 1.54) is 11.1 Å². The maximum absolute atomic E-state index is 12.6. The molecular weight excluding hydrogens is 424 g/mol. The molecule has 5 heterocycles. The number of aromatic nitrogens is 4. The minimum absolute atomic E-state index is 0.312. The summed E-state index contributed by atoms with van der Waals surface area (Å²) in [5.74, 6) is 2.62. The van der Waals surface area contributed by atoms with Gasteiger partial charge in [-0.15, -0.1) is 0 Å². The Kier molecular flexibility index (Phi) is 5.40. The van der Waals surface area contributed by atoms with Gasteiger partial charge in [-0.1, -0.05) is 18.2 Å². The highest BCUT2D eigenvalue weighted by Crippen LogP contribution is 2.36. The lowest BCUT2D eigenvalue weighted by molar-refractivity contribution is 0.0903. The molecule has 1 atom stereocenters. The van der Waals surface area contributed by atoms with Crippen LogP contribution in [0, 0.1) is 0 Å². The fourth-order valence-corrected chi connectivity index (χ4v) is 6.42. The molecule has 6 rings (SSSR count). The van der Waals surface area contributed by atoms with Crippen molar-refractivity contribution in [1.29, 1.82) is 0 Å². The van der Waals surface area contributed by atoms with Gasteiger partial charge in [0, 0.05) is 50.1 Å². The van der Waals surface area contributed by atoms with Gasteiger partial charge in [0.25, 0.3) is 0 Å².